The number of fused-ring (bicyclic) bond motifs is 1. The maximum Gasteiger partial charge on any atom is 0.341 e. The van der Waals surface area contributed by atoms with Gasteiger partial charge in [-0.15, -0.1) is 21.5 Å². The number of aromatic nitrogens is 3. The van der Waals surface area contributed by atoms with Crippen molar-refractivity contribution in [2.45, 2.75) is 43.7 Å². The van der Waals surface area contributed by atoms with Crippen LogP contribution < -0.4 is 5.32 Å². The first-order valence-electron chi connectivity index (χ1n) is 14.8. The van der Waals surface area contributed by atoms with Gasteiger partial charge in [0.25, 0.3) is 0 Å². The van der Waals surface area contributed by atoms with Crippen LogP contribution in [0.2, 0.25) is 0 Å². The Morgan fingerprint density at radius 3 is 2.25 bits per heavy atom. The van der Waals surface area contributed by atoms with Crippen LogP contribution in [0.15, 0.2) is 96.2 Å². The Kier molecular flexibility index (Phi) is 9.43. The number of anilines is 1. The zero-order valence-corrected chi connectivity index (χ0v) is 26.0. The van der Waals surface area contributed by atoms with Crippen LogP contribution in [-0.2, 0) is 22.4 Å². The van der Waals surface area contributed by atoms with Crippen molar-refractivity contribution in [3.05, 3.63) is 113 Å². The molecule has 2 heterocycles. The highest BCUT2D eigenvalue weighted by molar-refractivity contribution is 7.99. The van der Waals surface area contributed by atoms with Gasteiger partial charge in [0.2, 0.25) is 11.1 Å². The van der Waals surface area contributed by atoms with Crippen LogP contribution in [-0.4, -0.2) is 39.4 Å². The highest BCUT2D eigenvalue weighted by Gasteiger charge is 2.31. The first kappa shape index (κ1) is 29.7. The van der Waals surface area contributed by atoms with Gasteiger partial charge in [0.1, 0.15) is 16.4 Å². The molecule has 1 unspecified atom stereocenters. The lowest BCUT2D eigenvalue weighted by molar-refractivity contribution is -0.115. The van der Waals surface area contributed by atoms with Crippen LogP contribution in [0, 0.1) is 0 Å². The van der Waals surface area contributed by atoms with Gasteiger partial charge in [0.15, 0.2) is 0 Å². The summed E-state index contributed by atoms with van der Waals surface area (Å²) in [4.78, 5) is 32.1. The van der Waals surface area contributed by atoms with E-state index in [1.807, 2.05) is 66.7 Å². The molecule has 0 saturated heterocycles. The fourth-order valence-corrected chi connectivity index (χ4v) is 7.54. The number of benzene rings is 3. The van der Waals surface area contributed by atoms with Gasteiger partial charge in [-0.3, -0.25) is 4.79 Å². The zero-order valence-electron chi connectivity index (χ0n) is 24.4. The quantitative estimate of drug-likeness (QED) is 0.126. The fraction of sp³-hybridized carbons (Fsp3) is 0.229. The maximum absolute atomic E-state index is 13.1. The topological polar surface area (TPSA) is 94.1 Å². The molecule has 0 bridgehead atoms. The highest BCUT2D eigenvalue weighted by atomic mass is 32.2. The molecular weight excluding hydrogens is 589 g/mol. The van der Waals surface area contributed by atoms with Crippen molar-refractivity contribution in [3.63, 3.8) is 0 Å². The Bertz CT molecular complexity index is 1740. The Balaban J connectivity index is 1.15. The minimum Gasteiger partial charge on any atom is -0.462 e. The van der Waals surface area contributed by atoms with E-state index < -0.39 is 0 Å². The van der Waals surface area contributed by atoms with E-state index in [0.717, 1.165) is 46.5 Å². The number of thiophene rings is 1. The molecule has 1 amide bonds. The maximum atomic E-state index is 13.1. The van der Waals surface area contributed by atoms with Gasteiger partial charge in [-0.05, 0) is 43.2 Å². The molecule has 1 aliphatic carbocycles. The Morgan fingerprint density at radius 2 is 1.57 bits per heavy atom. The molecular formula is C35H32N4O3S2. The molecule has 0 fully saturated rings. The molecule has 2 aromatic heterocycles. The smallest absolute Gasteiger partial charge is 0.341 e. The van der Waals surface area contributed by atoms with Crippen LogP contribution >= 0.6 is 23.1 Å². The molecule has 7 nitrogen and oxygen atoms in total. The molecule has 0 saturated carbocycles. The third-order valence-corrected chi connectivity index (χ3v) is 9.60. The number of carbonyl (C=O) groups is 2. The summed E-state index contributed by atoms with van der Waals surface area (Å²) in [6.45, 7) is 2.08. The average Bonchev–Trinajstić information content (AvgIpc) is 3.43. The number of hydrogen-bond donors (Lipinski definition) is 1. The van der Waals surface area contributed by atoms with E-state index in [2.05, 4.69) is 39.8 Å². The summed E-state index contributed by atoms with van der Waals surface area (Å²) in [5.41, 5.74) is 6.16. The number of nitrogens with zero attached hydrogens (tertiary/aromatic N) is 3. The van der Waals surface area contributed by atoms with E-state index in [0.29, 0.717) is 33.1 Å². The number of thioether (sulfide) groups is 1. The van der Waals surface area contributed by atoms with E-state index in [9.17, 15) is 9.59 Å². The van der Waals surface area contributed by atoms with Crippen LogP contribution in [0.1, 0.15) is 52.0 Å². The number of esters is 1. The van der Waals surface area contributed by atoms with Crippen LogP contribution in [0.3, 0.4) is 0 Å². The predicted molar refractivity (Wildman–Crippen MR) is 176 cm³/mol. The van der Waals surface area contributed by atoms with E-state index >= 15 is 0 Å². The second kappa shape index (κ2) is 14.0. The number of rotatable bonds is 10. The standard InChI is InChI=1S/C35H32N4O3S2/c1-2-42-34(41)30-27-19-18-26(23-12-6-3-7-13-23)22-28(27)44-33(30)36-29(40)20-21-43-35-37-31(24-14-8-4-9-15-24)32(38-39-35)25-16-10-5-11-17-25/h3-17,26H,2,18-22H2,1H3,(H,36,40). The van der Waals surface area contributed by atoms with E-state index in [-0.39, 0.29) is 24.9 Å². The lowest BCUT2D eigenvalue weighted by Crippen LogP contribution is -2.17. The molecule has 1 aliphatic rings. The molecule has 0 radical (unpaired) electrons. The summed E-state index contributed by atoms with van der Waals surface area (Å²) < 4.78 is 5.40. The number of carbonyl (C=O) groups excluding carboxylic acids is 2. The van der Waals surface area contributed by atoms with E-state index in [1.165, 1.54) is 28.7 Å². The second-order valence-corrected chi connectivity index (χ2v) is 12.6. The normalized spacial score (nSPS) is 14.1. The average molecular weight is 621 g/mol. The van der Waals surface area contributed by atoms with Crippen LogP contribution in [0.25, 0.3) is 22.5 Å². The molecule has 1 atom stereocenters. The van der Waals surface area contributed by atoms with Gasteiger partial charge < -0.3 is 10.1 Å². The number of nitrogens with one attached hydrogen (secondary N) is 1. The van der Waals surface area contributed by atoms with Gasteiger partial charge >= 0.3 is 5.97 Å². The highest BCUT2D eigenvalue weighted by Crippen LogP contribution is 2.43. The predicted octanol–water partition coefficient (Wildman–Crippen LogP) is 7.84. The monoisotopic (exact) mass is 620 g/mol. The fourth-order valence-electron chi connectivity index (χ4n) is 5.49. The number of amides is 1. The zero-order chi connectivity index (χ0) is 30.3. The molecule has 3 aromatic carbocycles. The summed E-state index contributed by atoms with van der Waals surface area (Å²) in [6, 6.07) is 30.3. The van der Waals surface area contributed by atoms with Crippen LogP contribution in [0.5, 0.6) is 0 Å². The van der Waals surface area contributed by atoms with Crippen molar-refractivity contribution in [1.82, 2.24) is 15.2 Å². The van der Waals surface area contributed by atoms with Crippen molar-refractivity contribution < 1.29 is 14.3 Å². The third-order valence-electron chi connectivity index (χ3n) is 7.59. The van der Waals surface area contributed by atoms with Crippen LogP contribution in [0.4, 0.5) is 5.00 Å². The third kappa shape index (κ3) is 6.74. The molecule has 0 spiro atoms. The molecule has 0 aliphatic heterocycles. The summed E-state index contributed by atoms with van der Waals surface area (Å²) in [6.07, 6.45) is 2.80. The van der Waals surface area contributed by atoms with Gasteiger partial charge in [-0.25, -0.2) is 9.78 Å². The minimum atomic E-state index is -0.376. The van der Waals surface area contributed by atoms with Crippen molar-refractivity contribution in [2.75, 3.05) is 17.7 Å². The summed E-state index contributed by atoms with van der Waals surface area (Å²) in [7, 11) is 0. The van der Waals surface area contributed by atoms with Gasteiger partial charge in [-0.2, -0.15) is 0 Å². The first-order valence-corrected chi connectivity index (χ1v) is 16.6. The molecule has 5 aromatic rings. The van der Waals surface area contributed by atoms with Crippen molar-refractivity contribution in [3.8, 4) is 22.5 Å². The largest absolute Gasteiger partial charge is 0.462 e. The molecule has 9 heteroatoms. The van der Waals surface area contributed by atoms with Gasteiger partial charge in [0, 0.05) is 28.2 Å². The van der Waals surface area contributed by atoms with E-state index in [1.54, 1.807) is 6.92 Å². The molecule has 222 valence electrons. The van der Waals surface area contributed by atoms with Crippen molar-refractivity contribution in [1.29, 1.82) is 0 Å². The molecule has 44 heavy (non-hydrogen) atoms. The van der Waals surface area contributed by atoms with E-state index in [4.69, 9.17) is 9.72 Å². The van der Waals surface area contributed by atoms with Gasteiger partial charge in [0.05, 0.1) is 12.2 Å². The van der Waals surface area contributed by atoms with Gasteiger partial charge in [-0.1, -0.05) is 103 Å². The molecule has 6 rings (SSSR count). The number of ether oxygens (including phenoxy) is 1. The minimum absolute atomic E-state index is 0.168. The Labute approximate surface area is 265 Å². The molecule has 1 N–H and O–H groups in total. The lowest BCUT2D eigenvalue weighted by Gasteiger charge is -2.23. The summed E-state index contributed by atoms with van der Waals surface area (Å²) >= 11 is 2.88. The lowest BCUT2D eigenvalue weighted by atomic mass is 9.83. The summed E-state index contributed by atoms with van der Waals surface area (Å²) in [5.74, 6) is 0.306. The second-order valence-electron chi connectivity index (χ2n) is 10.4. The SMILES string of the molecule is CCOC(=O)c1c(NC(=O)CCSc2nnc(-c3ccccc3)c(-c3ccccc3)n2)sc2c1CCC(c1ccccc1)C2. The Morgan fingerprint density at radius 1 is 0.909 bits per heavy atom. The first-order chi connectivity index (χ1) is 21.6. The van der Waals surface area contributed by atoms with Crippen molar-refractivity contribution in [2.24, 2.45) is 0 Å². The van der Waals surface area contributed by atoms with Crippen molar-refractivity contribution >= 4 is 40.0 Å². The Hall–Kier alpha value is -4.34. The summed E-state index contributed by atoms with van der Waals surface area (Å²) in [5, 5.41) is 13.0. The number of hydrogen-bond acceptors (Lipinski definition) is 8.